The summed E-state index contributed by atoms with van der Waals surface area (Å²) in [6.07, 6.45) is 3.26. The maximum Gasteiger partial charge on any atom is 0.261 e. The maximum atomic E-state index is 15.8. The number of aromatic amines is 2. The molecule has 2 bridgehead atoms. The van der Waals surface area contributed by atoms with Gasteiger partial charge in [-0.05, 0) is 76.6 Å². The summed E-state index contributed by atoms with van der Waals surface area (Å²) < 4.78 is 15.8. The molecule has 0 radical (unpaired) electrons. The van der Waals surface area contributed by atoms with Crippen molar-refractivity contribution in [1.82, 2.24) is 24.8 Å². The maximum absolute atomic E-state index is 15.8. The number of H-pyrrole nitrogens is 2. The molecule has 2 atom stereocenters. The number of imidazole rings is 1. The average molecular weight is 516 g/mol. The molecule has 0 amide bonds. The van der Waals surface area contributed by atoms with Crippen molar-refractivity contribution in [2.24, 2.45) is 5.92 Å². The number of para-hydroxylation sites is 2. The van der Waals surface area contributed by atoms with Gasteiger partial charge in [0.25, 0.3) is 5.56 Å². The van der Waals surface area contributed by atoms with Gasteiger partial charge in [-0.2, -0.15) is 0 Å². The van der Waals surface area contributed by atoms with Gasteiger partial charge < -0.3 is 30.0 Å². The Balaban J connectivity index is 1.37. The van der Waals surface area contributed by atoms with E-state index >= 15 is 4.39 Å². The van der Waals surface area contributed by atoms with Gasteiger partial charge in [-0.15, -0.1) is 0 Å². The second kappa shape index (κ2) is 9.10. The molecule has 38 heavy (non-hydrogen) atoms. The highest BCUT2D eigenvalue weighted by molar-refractivity contribution is 6.00. The van der Waals surface area contributed by atoms with E-state index in [1.165, 1.54) is 0 Å². The van der Waals surface area contributed by atoms with Crippen LogP contribution in [0, 0.1) is 11.7 Å². The van der Waals surface area contributed by atoms with Crippen LogP contribution in [0.1, 0.15) is 19.3 Å². The van der Waals surface area contributed by atoms with Crippen LogP contribution < -0.4 is 15.8 Å². The normalized spacial score (nSPS) is 25.2. The van der Waals surface area contributed by atoms with Gasteiger partial charge in [0.15, 0.2) is 0 Å². The minimum Gasteiger partial charge on any atom is -0.379 e. The molecule has 6 heterocycles. The molecule has 4 aliphatic heterocycles. The van der Waals surface area contributed by atoms with E-state index in [2.05, 4.69) is 44.1 Å². The molecule has 0 unspecified atom stereocenters. The van der Waals surface area contributed by atoms with Crippen molar-refractivity contribution >= 4 is 33.3 Å². The molecule has 4 aliphatic rings. The number of rotatable bonds is 5. The Morgan fingerprint density at radius 1 is 1.03 bits per heavy atom. The molecular weight excluding hydrogens is 481 g/mol. The number of hydrogen-bond acceptors (Lipinski definition) is 6. The molecule has 4 fully saturated rings. The summed E-state index contributed by atoms with van der Waals surface area (Å²) >= 11 is 0. The smallest absolute Gasteiger partial charge is 0.261 e. The topological polar surface area (TPSA) is 83.3 Å². The fourth-order valence-corrected chi connectivity index (χ4v) is 6.69. The third-order valence-electron chi connectivity index (χ3n) is 8.93. The van der Waals surface area contributed by atoms with Gasteiger partial charge in [-0.3, -0.25) is 4.79 Å². The van der Waals surface area contributed by atoms with Gasteiger partial charge in [0.1, 0.15) is 17.2 Å². The van der Waals surface area contributed by atoms with Crippen LogP contribution in [0.3, 0.4) is 0 Å². The highest BCUT2D eigenvalue weighted by Gasteiger charge is 2.35. The number of anilines is 2. The predicted octanol–water partition coefficient (Wildman–Crippen LogP) is 3.86. The van der Waals surface area contributed by atoms with Gasteiger partial charge >= 0.3 is 0 Å². The molecule has 0 saturated carbocycles. The van der Waals surface area contributed by atoms with E-state index < -0.39 is 0 Å². The Bertz CT molecular complexity index is 1540. The monoisotopic (exact) mass is 515 g/mol. The van der Waals surface area contributed by atoms with E-state index in [1.807, 2.05) is 30.3 Å². The van der Waals surface area contributed by atoms with E-state index in [9.17, 15) is 4.79 Å². The SMILES string of the molecule is CN(C)[C@H]1CCN(c2cc3[nH]c(=O)c(-c4nc5ccccc5[nH]4)c(N[C@H]4CN5CCC4CC5)c3cc2F)C1. The second-order valence-electron chi connectivity index (χ2n) is 11.4. The lowest BCUT2D eigenvalue weighted by molar-refractivity contribution is 0.0976. The third kappa shape index (κ3) is 3.96. The van der Waals surface area contributed by atoms with Crippen LogP contribution in [0.2, 0.25) is 0 Å². The number of nitrogens with zero attached hydrogens (tertiary/aromatic N) is 4. The fraction of sp³-hybridized carbons (Fsp3) is 0.448. The Kier molecular flexibility index (Phi) is 5.67. The zero-order chi connectivity index (χ0) is 26.0. The van der Waals surface area contributed by atoms with Crippen LogP contribution in [0.25, 0.3) is 33.3 Å². The summed E-state index contributed by atoms with van der Waals surface area (Å²) in [7, 11) is 4.13. The standard InChI is InChI=1S/C29H34FN7O/c1-35(2)18-9-12-37(15-18)25-14-23-19(13-20(25)30)27(31-24-16-36-10-7-17(24)8-11-36)26(29(38)34-23)28-32-21-5-3-4-6-22(21)33-28/h3-6,13-14,17-18,24H,7-12,15-16H2,1-2H3,(H,32,33)(H2,31,34,38)/t18-,24-/m0/s1. The summed E-state index contributed by atoms with van der Waals surface area (Å²) in [5.41, 5.74) is 3.71. The van der Waals surface area contributed by atoms with Crippen LogP contribution in [0.5, 0.6) is 0 Å². The number of nitrogens with one attached hydrogen (secondary N) is 3. The van der Waals surface area contributed by atoms with Gasteiger partial charge in [-0.1, -0.05) is 12.1 Å². The van der Waals surface area contributed by atoms with Crippen LogP contribution >= 0.6 is 0 Å². The van der Waals surface area contributed by atoms with Gasteiger partial charge in [0, 0.05) is 37.1 Å². The second-order valence-corrected chi connectivity index (χ2v) is 11.4. The number of fused-ring (bicyclic) bond motifs is 5. The first-order valence-corrected chi connectivity index (χ1v) is 13.7. The minimum absolute atomic E-state index is 0.202. The Hall–Kier alpha value is -3.43. The quantitative estimate of drug-likeness (QED) is 0.375. The first kappa shape index (κ1) is 23.7. The molecule has 2 aromatic heterocycles. The summed E-state index contributed by atoms with van der Waals surface area (Å²) in [4.78, 5) is 31.6. The minimum atomic E-state index is -0.267. The van der Waals surface area contributed by atoms with Crippen molar-refractivity contribution in [3.63, 3.8) is 0 Å². The summed E-state index contributed by atoms with van der Waals surface area (Å²) in [6, 6.07) is 11.7. The number of pyridine rings is 1. The van der Waals surface area contributed by atoms with E-state index in [1.54, 1.807) is 6.07 Å². The van der Waals surface area contributed by atoms with Gasteiger partial charge in [-0.25, -0.2) is 9.37 Å². The molecule has 4 aromatic rings. The number of benzene rings is 2. The van der Waals surface area contributed by atoms with Crippen LogP contribution in [0.4, 0.5) is 15.8 Å². The fourth-order valence-electron chi connectivity index (χ4n) is 6.69. The molecule has 8 rings (SSSR count). The third-order valence-corrected chi connectivity index (χ3v) is 8.93. The van der Waals surface area contributed by atoms with E-state index in [-0.39, 0.29) is 17.4 Å². The van der Waals surface area contributed by atoms with Crippen LogP contribution in [-0.4, -0.2) is 83.7 Å². The number of likely N-dealkylation sites (N-methyl/N-ethyl adjacent to an activating group) is 1. The van der Waals surface area contributed by atoms with Gasteiger partial charge in [0.05, 0.1) is 27.9 Å². The van der Waals surface area contributed by atoms with E-state index in [0.29, 0.717) is 45.6 Å². The largest absolute Gasteiger partial charge is 0.379 e. The first-order valence-electron chi connectivity index (χ1n) is 13.7. The van der Waals surface area contributed by atoms with Crippen LogP contribution in [-0.2, 0) is 0 Å². The summed E-state index contributed by atoms with van der Waals surface area (Å²) in [6.45, 7) is 4.73. The molecule has 2 aromatic carbocycles. The van der Waals surface area contributed by atoms with E-state index in [0.717, 1.165) is 63.0 Å². The molecule has 8 nitrogen and oxygen atoms in total. The molecule has 3 N–H and O–H groups in total. The van der Waals surface area contributed by atoms with Crippen molar-refractivity contribution in [1.29, 1.82) is 0 Å². The van der Waals surface area contributed by atoms with Crippen molar-refractivity contribution in [2.45, 2.75) is 31.3 Å². The Morgan fingerprint density at radius 3 is 2.55 bits per heavy atom. The van der Waals surface area contributed by atoms with Crippen LogP contribution in [0.15, 0.2) is 41.2 Å². The lowest BCUT2D eigenvalue weighted by Crippen LogP contribution is -2.53. The molecule has 0 spiro atoms. The summed E-state index contributed by atoms with van der Waals surface area (Å²) in [5.74, 6) is 0.766. The Morgan fingerprint density at radius 2 is 1.84 bits per heavy atom. The molecule has 198 valence electrons. The lowest BCUT2D eigenvalue weighted by atomic mass is 9.83. The van der Waals surface area contributed by atoms with Gasteiger partial charge in [0.2, 0.25) is 0 Å². The number of halogens is 1. The number of piperidine rings is 3. The molecule has 9 heteroatoms. The first-order chi connectivity index (χ1) is 18.4. The predicted molar refractivity (Wildman–Crippen MR) is 150 cm³/mol. The van der Waals surface area contributed by atoms with Crippen molar-refractivity contribution in [2.75, 3.05) is 57.0 Å². The van der Waals surface area contributed by atoms with Crippen molar-refractivity contribution in [3.8, 4) is 11.4 Å². The molecular formula is C29H34FN7O. The van der Waals surface area contributed by atoms with Crippen molar-refractivity contribution in [3.05, 3.63) is 52.6 Å². The highest BCUT2D eigenvalue weighted by atomic mass is 19.1. The zero-order valence-electron chi connectivity index (χ0n) is 21.9. The number of aromatic nitrogens is 3. The average Bonchev–Trinajstić information content (AvgIpc) is 3.57. The molecule has 4 saturated heterocycles. The number of hydrogen-bond donors (Lipinski definition) is 3. The van der Waals surface area contributed by atoms with Crippen molar-refractivity contribution < 1.29 is 4.39 Å². The van der Waals surface area contributed by atoms with E-state index in [4.69, 9.17) is 4.98 Å². The zero-order valence-corrected chi connectivity index (χ0v) is 21.9. The summed E-state index contributed by atoms with van der Waals surface area (Å²) in [5, 5.41) is 4.42. The lowest BCUT2D eigenvalue weighted by Gasteiger charge is -2.45. The highest BCUT2D eigenvalue weighted by Crippen LogP contribution is 2.38. The Labute approximate surface area is 220 Å². The molecule has 0 aliphatic carbocycles.